The van der Waals surface area contributed by atoms with Crippen molar-refractivity contribution in [2.75, 3.05) is 13.1 Å². The Bertz CT molecular complexity index is 1280. The highest BCUT2D eigenvalue weighted by Crippen LogP contribution is 2.20. The molecule has 0 spiro atoms. The van der Waals surface area contributed by atoms with E-state index in [1.807, 2.05) is 61.6 Å². The van der Waals surface area contributed by atoms with Crippen LogP contribution in [0.1, 0.15) is 91.1 Å². The van der Waals surface area contributed by atoms with Crippen LogP contribution in [0.4, 0.5) is 9.59 Å². The molecule has 0 bridgehead atoms. The molecule has 10 nitrogen and oxygen atoms in total. The molecule has 0 radical (unpaired) electrons. The minimum absolute atomic E-state index is 0.326. The molecule has 0 aliphatic heterocycles. The number of rotatable bonds is 12. The van der Waals surface area contributed by atoms with Gasteiger partial charge in [0.2, 0.25) is 0 Å². The Morgan fingerprint density at radius 1 is 0.738 bits per heavy atom. The average Bonchev–Trinajstić information content (AvgIpc) is 3.55. The van der Waals surface area contributed by atoms with E-state index >= 15 is 0 Å². The summed E-state index contributed by atoms with van der Waals surface area (Å²) >= 11 is 0. The second kappa shape index (κ2) is 14.4. The maximum absolute atomic E-state index is 12.6. The quantitative estimate of drug-likeness (QED) is 0.241. The minimum atomic E-state index is -0.545. The van der Waals surface area contributed by atoms with Gasteiger partial charge in [0.05, 0.1) is 25.0 Å². The predicted octanol–water partition coefficient (Wildman–Crippen LogP) is 6.88. The van der Waals surface area contributed by atoms with Gasteiger partial charge in [0.1, 0.15) is 22.9 Å². The van der Waals surface area contributed by atoms with Crippen LogP contribution in [0.5, 0.6) is 0 Å². The van der Waals surface area contributed by atoms with Crippen LogP contribution in [-0.2, 0) is 35.4 Å². The number of aryl methyl sites for hydroxylation is 2. The fourth-order valence-corrected chi connectivity index (χ4v) is 4.36. The van der Waals surface area contributed by atoms with Crippen LogP contribution in [0.15, 0.2) is 36.7 Å². The van der Waals surface area contributed by atoms with E-state index in [1.54, 1.807) is 16.0 Å². The molecule has 0 atom stereocenters. The van der Waals surface area contributed by atoms with Gasteiger partial charge in [0.15, 0.2) is 0 Å². The number of imidazole rings is 2. The highest BCUT2D eigenvalue weighted by Gasteiger charge is 2.24. The maximum Gasteiger partial charge on any atom is 0.410 e. The molecule has 0 saturated carbocycles. The van der Waals surface area contributed by atoms with Gasteiger partial charge in [0.25, 0.3) is 0 Å². The number of hydrogen-bond donors (Lipinski definition) is 2. The molecular weight excluding hydrogens is 532 g/mol. The van der Waals surface area contributed by atoms with E-state index in [4.69, 9.17) is 9.47 Å². The lowest BCUT2D eigenvalue weighted by Crippen LogP contribution is -2.37. The lowest BCUT2D eigenvalue weighted by Gasteiger charge is -2.26. The molecule has 0 saturated heterocycles. The van der Waals surface area contributed by atoms with Gasteiger partial charge in [-0.2, -0.15) is 0 Å². The maximum atomic E-state index is 12.6. The fraction of sp³-hybridized carbons (Fsp3) is 0.562. The molecule has 2 N–H and O–H groups in total. The van der Waals surface area contributed by atoms with Gasteiger partial charge < -0.3 is 29.2 Å². The number of hydrogen-bond acceptors (Lipinski definition) is 6. The first-order valence-electron chi connectivity index (χ1n) is 14.9. The van der Waals surface area contributed by atoms with E-state index in [9.17, 15) is 9.59 Å². The zero-order valence-electron chi connectivity index (χ0n) is 26.5. The third-order valence-corrected chi connectivity index (χ3v) is 6.23. The number of nitrogens with one attached hydrogen (secondary N) is 2. The third kappa shape index (κ3) is 10.5. The number of amides is 2. The lowest BCUT2D eigenvalue weighted by molar-refractivity contribution is 0.0219. The fourth-order valence-electron chi connectivity index (χ4n) is 4.36. The van der Waals surface area contributed by atoms with Crippen molar-refractivity contribution >= 4 is 12.2 Å². The third-order valence-electron chi connectivity index (χ3n) is 6.23. The molecule has 1 aromatic carbocycles. The monoisotopic (exact) mass is 580 g/mol. The molecule has 2 amide bonds. The minimum Gasteiger partial charge on any atom is -0.444 e. The second-order valence-electron chi connectivity index (χ2n) is 12.6. The second-order valence-corrected chi connectivity index (χ2v) is 12.6. The van der Waals surface area contributed by atoms with Gasteiger partial charge in [-0.15, -0.1) is 0 Å². The van der Waals surface area contributed by atoms with Crippen molar-refractivity contribution in [3.8, 4) is 11.3 Å². The molecule has 0 fully saturated rings. The number of aromatic amines is 2. The lowest BCUT2D eigenvalue weighted by atomic mass is 10.1. The Morgan fingerprint density at radius 2 is 1.24 bits per heavy atom. The summed E-state index contributed by atoms with van der Waals surface area (Å²) in [5.41, 5.74) is 3.07. The molecule has 3 rings (SSSR count). The van der Waals surface area contributed by atoms with Crippen molar-refractivity contribution in [2.24, 2.45) is 0 Å². The average molecular weight is 581 g/mol. The molecule has 2 heterocycles. The van der Waals surface area contributed by atoms with Gasteiger partial charge in [-0.1, -0.05) is 38.1 Å². The first kappa shape index (κ1) is 32.7. The molecule has 42 heavy (non-hydrogen) atoms. The Kier molecular flexibility index (Phi) is 11.2. The number of aromatic nitrogens is 4. The topological polar surface area (TPSA) is 116 Å². The number of benzene rings is 1. The molecule has 2 aromatic heterocycles. The molecule has 0 aliphatic carbocycles. The number of H-pyrrole nitrogens is 2. The summed E-state index contributed by atoms with van der Waals surface area (Å²) in [7, 11) is 0. The van der Waals surface area contributed by atoms with Gasteiger partial charge >= 0.3 is 12.2 Å². The van der Waals surface area contributed by atoms with E-state index in [1.165, 1.54) is 5.56 Å². The van der Waals surface area contributed by atoms with E-state index in [-0.39, 0.29) is 12.2 Å². The van der Waals surface area contributed by atoms with Crippen molar-refractivity contribution in [1.82, 2.24) is 29.7 Å². The predicted molar refractivity (Wildman–Crippen MR) is 164 cm³/mol. The van der Waals surface area contributed by atoms with Crippen LogP contribution in [0, 0.1) is 0 Å². The van der Waals surface area contributed by atoms with Crippen molar-refractivity contribution < 1.29 is 19.1 Å². The van der Waals surface area contributed by atoms with E-state index in [2.05, 4.69) is 44.2 Å². The normalized spacial score (nSPS) is 11.8. The summed E-state index contributed by atoms with van der Waals surface area (Å²) < 4.78 is 11.1. The van der Waals surface area contributed by atoms with Crippen LogP contribution in [0.2, 0.25) is 0 Å². The van der Waals surface area contributed by atoms with Gasteiger partial charge in [0, 0.05) is 25.0 Å². The van der Waals surface area contributed by atoms with Gasteiger partial charge in [-0.05, 0) is 78.4 Å². The Hall–Kier alpha value is -3.82. The standard InChI is InChI=1S/C32H48N6O4/c1-9-17-37(29(39)41-31(3,4)5)21-27-33-19-25(35-27)16-13-23-11-14-24(15-12-23)26-20-34-28(36-26)22-38(18-10-2)30(40)42-32(6,7)8/h11-12,14-15,19-20H,9-10,13,16-18,21-22H2,1-8H3,(H,33,35)(H,34,36). The molecule has 0 unspecified atom stereocenters. The molecule has 10 heteroatoms. The highest BCUT2D eigenvalue weighted by atomic mass is 16.6. The summed E-state index contributed by atoms with van der Waals surface area (Å²) in [5, 5.41) is 0. The number of carbonyl (C=O) groups is 2. The summed E-state index contributed by atoms with van der Waals surface area (Å²) in [6, 6.07) is 8.38. The summed E-state index contributed by atoms with van der Waals surface area (Å²) in [6.45, 7) is 17.2. The first-order valence-corrected chi connectivity index (χ1v) is 14.9. The van der Waals surface area contributed by atoms with Crippen molar-refractivity contribution in [2.45, 2.75) is 105 Å². The van der Waals surface area contributed by atoms with Crippen LogP contribution < -0.4 is 0 Å². The number of carbonyl (C=O) groups excluding carboxylic acids is 2. The van der Waals surface area contributed by atoms with Gasteiger partial charge in [-0.25, -0.2) is 19.6 Å². The Morgan fingerprint density at radius 3 is 1.74 bits per heavy atom. The van der Waals surface area contributed by atoms with Crippen LogP contribution in [-0.4, -0.2) is 66.2 Å². The summed E-state index contributed by atoms with van der Waals surface area (Å²) in [4.78, 5) is 44.3. The molecule has 230 valence electrons. The molecule has 3 aromatic rings. The van der Waals surface area contributed by atoms with E-state index in [0.717, 1.165) is 48.5 Å². The molecular formula is C32H48N6O4. The molecule has 0 aliphatic rings. The largest absolute Gasteiger partial charge is 0.444 e. The summed E-state index contributed by atoms with van der Waals surface area (Å²) in [5.74, 6) is 1.46. The Balaban J connectivity index is 1.56. The highest BCUT2D eigenvalue weighted by molar-refractivity contribution is 5.68. The first-order chi connectivity index (χ1) is 19.8. The SMILES string of the molecule is CCCN(Cc1ncc(CCc2ccc(-c3cnc(CN(CCC)C(=O)OC(C)(C)C)[nH]3)cc2)[nH]1)C(=O)OC(C)(C)C. The van der Waals surface area contributed by atoms with Crippen molar-refractivity contribution in [3.63, 3.8) is 0 Å². The number of ether oxygens (including phenoxy) is 2. The summed E-state index contributed by atoms with van der Waals surface area (Å²) in [6.07, 6.45) is 6.30. The van der Waals surface area contributed by atoms with Crippen molar-refractivity contribution in [3.05, 3.63) is 59.6 Å². The zero-order chi connectivity index (χ0) is 30.9. The van der Waals surface area contributed by atoms with Crippen molar-refractivity contribution in [1.29, 1.82) is 0 Å². The number of nitrogens with zero attached hydrogens (tertiary/aromatic N) is 4. The zero-order valence-corrected chi connectivity index (χ0v) is 26.5. The van der Waals surface area contributed by atoms with E-state index < -0.39 is 11.2 Å². The Labute approximate surface area is 250 Å². The van der Waals surface area contributed by atoms with Crippen LogP contribution in [0.25, 0.3) is 11.3 Å². The van der Waals surface area contributed by atoms with Gasteiger partial charge in [-0.3, -0.25) is 0 Å². The van der Waals surface area contributed by atoms with Crippen LogP contribution >= 0.6 is 0 Å². The smallest absolute Gasteiger partial charge is 0.410 e. The van der Waals surface area contributed by atoms with Crippen LogP contribution in [0.3, 0.4) is 0 Å². The van der Waals surface area contributed by atoms with E-state index in [0.29, 0.717) is 32.0 Å².